The molecular formula is C13H7BrClFO2. The molecule has 0 aliphatic heterocycles. The van der Waals surface area contributed by atoms with Crippen LogP contribution in [0.4, 0.5) is 4.39 Å². The van der Waals surface area contributed by atoms with Crippen molar-refractivity contribution >= 4 is 33.8 Å². The third-order valence-electron chi connectivity index (χ3n) is 2.23. The molecule has 0 saturated heterocycles. The molecule has 0 fully saturated rings. The number of hydrogen-bond acceptors (Lipinski definition) is 2. The maximum atomic E-state index is 13.2. The Morgan fingerprint density at radius 1 is 1.17 bits per heavy atom. The van der Waals surface area contributed by atoms with Crippen LogP contribution < -0.4 is 4.74 Å². The molecule has 0 saturated carbocycles. The van der Waals surface area contributed by atoms with Gasteiger partial charge in [-0.2, -0.15) is 0 Å². The van der Waals surface area contributed by atoms with E-state index in [1.807, 2.05) is 0 Å². The third-order valence-corrected chi connectivity index (χ3v) is 3.22. The number of rotatable bonds is 3. The molecule has 0 amide bonds. The Bertz CT molecular complexity index is 602. The highest BCUT2D eigenvalue weighted by Crippen LogP contribution is 2.28. The van der Waals surface area contributed by atoms with E-state index in [0.717, 1.165) is 6.29 Å². The van der Waals surface area contributed by atoms with Crippen molar-refractivity contribution in [2.24, 2.45) is 0 Å². The van der Waals surface area contributed by atoms with Crippen molar-refractivity contribution < 1.29 is 13.9 Å². The first-order valence-corrected chi connectivity index (χ1v) is 6.15. The zero-order chi connectivity index (χ0) is 13.1. The summed E-state index contributed by atoms with van der Waals surface area (Å²) >= 11 is 8.81. The lowest BCUT2D eigenvalue weighted by atomic mass is 10.2. The van der Waals surface area contributed by atoms with E-state index in [-0.39, 0.29) is 5.02 Å². The number of carbonyl (C=O) groups excluding carboxylic acids is 1. The Morgan fingerprint density at radius 2 is 1.83 bits per heavy atom. The van der Waals surface area contributed by atoms with Crippen LogP contribution in [-0.4, -0.2) is 6.29 Å². The molecule has 0 radical (unpaired) electrons. The van der Waals surface area contributed by atoms with E-state index >= 15 is 0 Å². The van der Waals surface area contributed by atoms with Gasteiger partial charge in [-0.15, -0.1) is 0 Å². The molecule has 0 atom stereocenters. The number of hydrogen-bond donors (Lipinski definition) is 0. The van der Waals surface area contributed by atoms with Crippen LogP contribution in [-0.2, 0) is 0 Å². The highest BCUT2D eigenvalue weighted by atomic mass is 79.9. The van der Waals surface area contributed by atoms with E-state index in [1.54, 1.807) is 24.3 Å². The summed E-state index contributed by atoms with van der Waals surface area (Å²) in [5, 5.41) is 0.0415. The Hall–Kier alpha value is -1.39. The molecule has 2 nitrogen and oxygen atoms in total. The van der Waals surface area contributed by atoms with Gasteiger partial charge in [0.25, 0.3) is 0 Å². The van der Waals surface area contributed by atoms with Crippen LogP contribution in [0.1, 0.15) is 10.4 Å². The van der Waals surface area contributed by atoms with Crippen molar-refractivity contribution in [1.82, 2.24) is 0 Å². The molecule has 2 rings (SSSR count). The van der Waals surface area contributed by atoms with Gasteiger partial charge >= 0.3 is 0 Å². The maximum absolute atomic E-state index is 13.2. The largest absolute Gasteiger partial charge is 0.457 e. The number of halogens is 3. The summed E-state index contributed by atoms with van der Waals surface area (Å²) in [5.74, 6) is 0.287. The van der Waals surface area contributed by atoms with Crippen molar-refractivity contribution in [3.05, 3.63) is 57.3 Å². The predicted molar refractivity (Wildman–Crippen MR) is 71.0 cm³/mol. The summed E-state index contributed by atoms with van der Waals surface area (Å²) in [6.07, 6.45) is 0.732. The first-order chi connectivity index (χ1) is 8.60. The van der Waals surface area contributed by atoms with E-state index in [2.05, 4.69) is 15.9 Å². The summed E-state index contributed by atoms with van der Waals surface area (Å²) < 4.78 is 19.3. The van der Waals surface area contributed by atoms with E-state index in [4.69, 9.17) is 16.3 Å². The average molecular weight is 330 g/mol. The summed E-state index contributed by atoms with van der Waals surface area (Å²) in [6, 6.07) is 9.05. The predicted octanol–water partition coefficient (Wildman–Crippen LogP) is 4.85. The highest BCUT2D eigenvalue weighted by molar-refractivity contribution is 9.10. The smallest absolute Gasteiger partial charge is 0.151 e. The third kappa shape index (κ3) is 2.89. The monoisotopic (exact) mass is 328 g/mol. The van der Waals surface area contributed by atoms with Gasteiger partial charge in [0.05, 0.1) is 5.02 Å². The number of carbonyl (C=O) groups is 1. The molecule has 0 aromatic heterocycles. The summed E-state index contributed by atoms with van der Waals surface area (Å²) in [6.45, 7) is 0. The highest BCUT2D eigenvalue weighted by Gasteiger charge is 2.05. The Labute approximate surface area is 116 Å². The second-order valence-corrected chi connectivity index (χ2v) is 4.74. The number of ether oxygens (including phenoxy) is 1. The molecule has 0 aliphatic rings. The molecule has 18 heavy (non-hydrogen) atoms. The van der Waals surface area contributed by atoms with Crippen LogP contribution in [0.25, 0.3) is 0 Å². The normalized spacial score (nSPS) is 10.2. The van der Waals surface area contributed by atoms with Crippen LogP contribution in [0.15, 0.2) is 40.9 Å². The van der Waals surface area contributed by atoms with Crippen molar-refractivity contribution in [2.75, 3.05) is 0 Å². The molecule has 0 N–H and O–H groups in total. The zero-order valence-corrected chi connectivity index (χ0v) is 11.3. The van der Waals surface area contributed by atoms with Crippen LogP contribution >= 0.6 is 27.5 Å². The van der Waals surface area contributed by atoms with Crippen LogP contribution in [0.2, 0.25) is 5.02 Å². The van der Waals surface area contributed by atoms with Crippen LogP contribution in [0.3, 0.4) is 0 Å². The lowest BCUT2D eigenvalue weighted by molar-refractivity contribution is 0.112. The standard InChI is InChI=1S/C13H7BrClFO2/c14-11-5-9(2-1-8(11)7-17)18-10-3-4-12(15)13(16)6-10/h1-7H. The second kappa shape index (κ2) is 5.50. The molecule has 0 unspecified atom stereocenters. The lowest BCUT2D eigenvalue weighted by Gasteiger charge is -2.07. The number of aldehydes is 1. The fourth-order valence-electron chi connectivity index (χ4n) is 1.34. The fraction of sp³-hybridized carbons (Fsp3) is 0. The van der Waals surface area contributed by atoms with Gasteiger partial charge in [-0.25, -0.2) is 4.39 Å². The van der Waals surface area contributed by atoms with Gasteiger partial charge in [0.15, 0.2) is 6.29 Å². The van der Waals surface area contributed by atoms with Crippen LogP contribution in [0, 0.1) is 5.82 Å². The Kier molecular flexibility index (Phi) is 3.99. The minimum absolute atomic E-state index is 0.0415. The Balaban J connectivity index is 2.25. The first-order valence-electron chi connectivity index (χ1n) is 4.98. The van der Waals surface area contributed by atoms with Crippen molar-refractivity contribution in [3.63, 3.8) is 0 Å². The second-order valence-electron chi connectivity index (χ2n) is 3.48. The van der Waals surface area contributed by atoms with Gasteiger partial charge in [0, 0.05) is 16.1 Å². The van der Waals surface area contributed by atoms with Crippen LogP contribution in [0.5, 0.6) is 11.5 Å². The molecule has 0 heterocycles. The van der Waals surface area contributed by atoms with Gasteiger partial charge in [-0.3, -0.25) is 4.79 Å². The molecule has 2 aromatic rings. The van der Waals surface area contributed by atoms with Gasteiger partial charge in [-0.05, 0) is 46.3 Å². The molecule has 5 heteroatoms. The SMILES string of the molecule is O=Cc1ccc(Oc2ccc(Cl)c(F)c2)cc1Br. The quantitative estimate of drug-likeness (QED) is 0.753. The van der Waals surface area contributed by atoms with E-state index in [9.17, 15) is 9.18 Å². The van der Waals surface area contributed by atoms with E-state index < -0.39 is 5.82 Å². The number of benzene rings is 2. The molecular weight excluding hydrogens is 322 g/mol. The Morgan fingerprint density at radius 3 is 2.44 bits per heavy atom. The van der Waals surface area contributed by atoms with Gasteiger partial charge in [0.2, 0.25) is 0 Å². The minimum atomic E-state index is -0.544. The zero-order valence-electron chi connectivity index (χ0n) is 8.99. The van der Waals surface area contributed by atoms with Gasteiger partial charge in [0.1, 0.15) is 17.3 Å². The lowest BCUT2D eigenvalue weighted by Crippen LogP contribution is -1.88. The van der Waals surface area contributed by atoms with E-state index in [0.29, 0.717) is 21.5 Å². The minimum Gasteiger partial charge on any atom is -0.457 e. The molecule has 0 bridgehead atoms. The molecule has 2 aromatic carbocycles. The topological polar surface area (TPSA) is 26.3 Å². The molecule has 0 spiro atoms. The summed E-state index contributed by atoms with van der Waals surface area (Å²) in [4.78, 5) is 10.6. The molecule has 92 valence electrons. The fourth-order valence-corrected chi connectivity index (χ4v) is 1.91. The van der Waals surface area contributed by atoms with Gasteiger partial charge in [-0.1, -0.05) is 11.6 Å². The van der Waals surface area contributed by atoms with Gasteiger partial charge < -0.3 is 4.74 Å². The van der Waals surface area contributed by atoms with Crippen molar-refractivity contribution in [2.45, 2.75) is 0 Å². The first kappa shape index (κ1) is 13.1. The summed E-state index contributed by atoms with van der Waals surface area (Å²) in [5.41, 5.74) is 0.518. The molecule has 0 aliphatic carbocycles. The van der Waals surface area contributed by atoms with E-state index in [1.165, 1.54) is 12.1 Å². The van der Waals surface area contributed by atoms with Crippen molar-refractivity contribution in [3.8, 4) is 11.5 Å². The average Bonchev–Trinajstić information content (AvgIpc) is 2.34. The summed E-state index contributed by atoms with van der Waals surface area (Å²) in [7, 11) is 0. The maximum Gasteiger partial charge on any atom is 0.151 e. The van der Waals surface area contributed by atoms with Crippen molar-refractivity contribution in [1.29, 1.82) is 0 Å².